The maximum atomic E-state index is 14.1. The number of esters is 1. The van der Waals surface area contributed by atoms with Gasteiger partial charge in [-0.2, -0.15) is 0 Å². The molecule has 11 nitrogen and oxygen atoms in total. The van der Waals surface area contributed by atoms with Crippen LogP contribution in [0.4, 0.5) is 11.4 Å². The first-order chi connectivity index (χ1) is 20.6. The lowest BCUT2D eigenvalue weighted by Crippen LogP contribution is -2.49. The number of rotatable bonds is 8. The van der Waals surface area contributed by atoms with Gasteiger partial charge in [-0.05, 0) is 34.2 Å². The van der Waals surface area contributed by atoms with Crippen molar-refractivity contribution in [3.63, 3.8) is 0 Å². The zero-order chi connectivity index (χ0) is 30.6. The molecule has 3 aromatic carbocycles. The number of carbonyl (C=O) groups excluding carboxylic acids is 4. The van der Waals surface area contributed by atoms with E-state index in [1.54, 1.807) is 13.8 Å². The number of benzene rings is 3. The highest BCUT2D eigenvalue weighted by Crippen LogP contribution is 2.61. The molecule has 2 bridgehead atoms. The fourth-order valence-corrected chi connectivity index (χ4v) is 6.96. The Balaban J connectivity index is 1.24. The van der Waals surface area contributed by atoms with Gasteiger partial charge in [0.1, 0.15) is 17.5 Å². The third-order valence-electron chi connectivity index (χ3n) is 8.65. The first-order valence-corrected chi connectivity index (χ1v) is 14.0. The molecule has 43 heavy (non-hydrogen) atoms. The van der Waals surface area contributed by atoms with Crippen LogP contribution >= 0.6 is 0 Å². The van der Waals surface area contributed by atoms with Crippen LogP contribution < -0.4 is 10.1 Å². The Bertz CT molecular complexity index is 1570. The van der Waals surface area contributed by atoms with Crippen molar-refractivity contribution < 1.29 is 33.6 Å². The Morgan fingerprint density at radius 2 is 1.42 bits per heavy atom. The molecule has 220 valence electrons. The Labute approximate surface area is 246 Å². The Kier molecular flexibility index (Phi) is 6.95. The number of nitrogens with zero attached hydrogens (tertiary/aromatic N) is 2. The van der Waals surface area contributed by atoms with E-state index in [0.29, 0.717) is 0 Å². The van der Waals surface area contributed by atoms with E-state index >= 15 is 0 Å². The normalized spacial score (nSPS) is 22.0. The molecule has 4 aliphatic rings. The van der Waals surface area contributed by atoms with Gasteiger partial charge in [-0.1, -0.05) is 62.4 Å². The van der Waals surface area contributed by atoms with E-state index in [1.165, 1.54) is 25.3 Å². The Hall–Kier alpha value is -5.06. The van der Waals surface area contributed by atoms with Gasteiger partial charge < -0.3 is 14.8 Å². The third kappa shape index (κ3) is 4.43. The largest absolute Gasteiger partial charge is 0.497 e. The fourth-order valence-electron chi connectivity index (χ4n) is 6.96. The molecule has 7 rings (SSSR count). The topological polar surface area (TPSA) is 145 Å². The number of nitrogens with one attached hydrogen (secondary N) is 1. The second-order valence-corrected chi connectivity index (χ2v) is 11.3. The molecule has 0 saturated carbocycles. The number of carbonyl (C=O) groups is 4. The van der Waals surface area contributed by atoms with E-state index in [1.807, 2.05) is 48.5 Å². The second kappa shape index (κ2) is 10.6. The monoisotopic (exact) mass is 583 g/mol. The molecule has 3 amide bonds. The van der Waals surface area contributed by atoms with Crippen molar-refractivity contribution in [3.05, 3.63) is 99.1 Å². The van der Waals surface area contributed by atoms with Crippen molar-refractivity contribution in [2.75, 3.05) is 19.0 Å². The maximum absolute atomic E-state index is 14.1. The fraction of sp³-hybridized carbons (Fsp3) is 0.312. The van der Waals surface area contributed by atoms with E-state index in [9.17, 15) is 29.3 Å². The number of methoxy groups -OCH3 is 1. The Morgan fingerprint density at radius 3 is 1.86 bits per heavy atom. The summed E-state index contributed by atoms with van der Waals surface area (Å²) in [6.45, 7) is 2.63. The van der Waals surface area contributed by atoms with E-state index in [4.69, 9.17) is 9.47 Å². The predicted molar refractivity (Wildman–Crippen MR) is 153 cm³/mol. The number of hydrogen-bond donors (Lipinski definition) is 1. The van der Waals surface area contributed by atoms with Crippen LogP contribution in [0.3, 0.4) is 0 Å². The van der Waals surface area contributed by atoms with Crippen LogP contribution in [0.15, 0.2) is 66.7 Å². The van der Waals surface area contributed by atoms with Gasteiger partial charge in [-0.25, -0.2) is 4.79 Å². The number of likely N-dealkylation sites (tertiary alicyclic amines) is 1. The van der Waals surface area contributed by atoms with Crippen LogP contribution in [-0.2, 0) is 23.9 Å². The van der Waals surface area contributed by atoms with Crippen molar-refractivity contribution in [1.82, 2.24) is 4.90 Å². The molecule has 1 fully saturated rings. The summed E-state index contributed by atoms with van der Waals surface area (Å²) in [5.41, 5.74) is 3.57. The molecular formula is C32H29N3O8. The van der Waals surface area contributed by atoms with Gasteiger partial charge in [0.05, 0.1) is 23.9 Å². The van der Waals surface area contributed by atoms with Gasteiger partial charge in [-0.15, -0.1) is 0 Å². The van der Waals surface area contributed by atoms with Crippen molar-refractivity contribution in [1.29, 1.82) is 0 Å². The lowest BCUT2D eigenvalue weighted by atomic mass is 9.55. The molecule has 3 aliphatic carbocycles. The molecule has 1 saturated heterocycles. The number of amides is 3. The molecule has 3 aromatic rings. The lowest BCUT2D eigenvalue weighted by Gasteiger charge is -2.45. The predicted octanol–water partition coefficient (Wildman–Crippen LogP) is 4.00. The van der Waals surface area contributed by atoms with Crippen LogP contribution in [-0.4, -0.2) is 53.3 Å². The van der Waals surface area contributed by atoms with E-state index in [2.05, 4.69) is 5.32 Å². The minimum atomic E-state index is -1.25. The minimum absolute atomic E-state index is 0.130. The van der Waals surface area contributed by atoms with Gasteiger partial charge in [0.15, 0.2) is 6.61 Å². The molecule has 1 heterocycles. The van der Waals surface area contributed by atoms with Crippen molar-refractivity contribution in [2.24, 2.45) is 17.8 Å². The smallest absolute Gasteiger partial charge is 0.330 e. The average molecular weight is 584 g/mol. The van der Waals surface area contributed by atoms with Crippen molar-refractivity contribution >= 4 is 35.1 Å². The second-order valence-electron chi connectivity index (χ2n) is 11.3. The standard InChI is InChI=1S/C32H29N3O8/c1-16(2)29(32(39)43-15-24(36)33-22-14-17(42-3)12-13-23(22)35(40)41)34-30(37)27-25-18-8-4-5-9-19(18)26(28(27)31(34)38)21-11-7-6-10-20(21)25/h4-14,16,25-29H,15H2,1-3H3,(H,33,36)/t25?,26?,27-,28+,29-/m1/s1. The summed E-state index contributed by atoms with van der Waals surface area (Å²) in [4.78, 5) is 66.1. The SMILES string of the molecule is COc1ccc([N+](=O)[O-])c(NC(=O)COC(=O)[C@@H](C(C)C)N2C(=O)[C@@H]3C4c5ccccc5C(c5ccccc54)[C@@H]3C2=O)c1. The average Bonchev–Trinajstić information content (AvgIpc) is 3.25. The minimum Gasteiger partial charge on any atom is -0.497 e. The molecule has 11 heteroatoms. The van der Waals surface area contributed by atoms with Gasteiger partial charge in [0, 0.05) is 24.0 Å². The van der Waals surface area contributed by atoms with Gasteiger partial charge >= 0.3 is 5.97 Å². The van der Waals surface area contributed by atoms with Crippen LogP contribution in [0.25, 0.3) is 0 Å². The van der Waals surface area contributed by atoms with Crippen molar-refractivity contribution in [2.45, 2.75) is 31.7 Å². The van der Waals surface area contributed by atoms with Crippen LogP contribution in [0, 0.1) is 27.9 Å². The molecule has 0 aromatic heterocycles. The first kappa shape index (κ1) is 28.1. The van der Waals surface area contributed by atoms with Gasteiger partial charge in [0.2, 0.25) is 11.8 Å². The Morgan fingerprint density at radius 1 is 0.907 bits per heavy atom. The number of ether oxygens (including phenoxy) is 2. The molecule has 1 aliphatic heterocycles. The summed E-state index contributed by atoms with van der Waals surface area (Å²) in [5, 5.41) is 13.8. The molecule has 0 spiro atoms. The van der Waals surface area contributed by atoms with Crippen LogP contribution in [0.2, 0.25) is 0 Å². The molecule has 3 atom stereocenters. The van der Waals surface area contributed by atoms with Crippen LogP contribution in [0.1, 0.15) is 47.9 Å². The van der Waals surface area contributed by atoms with Gasteiger partial charge in [-0.3, -0.25) is 29.4 Å². The molecular weight excluding hydrogens is 554 g/mol. The summed E-state index contributed by atoms with van der Waals surface area (Å²) < 4.78 is 10.4. The number of hydrogen-bond acceptors (Lipinski definition) is 8. The maximum Gasteiger partial charge on any atom is 0.330 e. The highest BCUT2D eigenvalue weighted by atomic mass is 16.6. The quantitative estimate of drug-likeness (QED) is 0.181. The number of anilines is 1. The summed E-state index contributed by atoms with van der Waals surface area (Å²) >= 11 is 0. The summed E-state index contributed by atoms with van der Waals surface area (Å²) in [6, 6.07) is 18.3. The number of nitro groups is 1. The van der Waals surface area contributed by atoms with Gasteiger partial charge in [0.25, 0.3) is 11.6 Å². The molecule has 0 radical (unpaired) electrons. The zero-order valence-electron chi connectivity index (χ0n) is 23.7. The van der Waals surface area contributed by atoms with E-state index < -0.39 is 59.0 Å². The summed E-state index contributed by atoms with van der Waals surface area (Å²) in [7, 11) is 1.38. The lowest BCUT2D eigenvalue weighted by molar-refractivity contribution is -0.383. The highest BCUT2D eigenvalue weighted by Gasteiger charge is 2.63. The van der Waals surface area contributed by atoms with E-state index in [-0.39, 0.29) is 29.0 Å². The molecule has 1 N–H and O–H groups in total. The summed E-state index contributed by atoms with van der Waals surface area (Å²) in [5.74, 6) is -4.79. The van der Waals surface area contributed by atoms with Crippen molar-refractivity contribution in [3.8, 4) is 5.75 Å². The first-order valence-electron chi connectivity index (χ1n) is 14.0. The third-order valence-corrected chi connectivity index (χ3v) is 8.65. The molecule has 0 unspecified atom stereocenters. The number of nitro benzene ring substituents is 1. The van der Waals surface area contributed by atoms with Crippen LogP contribution in [0.5, 0.6) is 5.75 Å². The van der Waals surface area contributed by atoms with E-state index in [0.717, 1.165) is 27.2 Å². The number of imide groups is 1. The summed E-state index contributed by atoms with van der Waals surface area (Å²) in [6.07, 6.45) is 0. The zero-order valence-corrected chi connectivity index (χ0v) is 23.7. The highest BCUT2D eigenvalue weighted by molar-refractivity contribution is 6.10.